The van der Waals surface area contributed by atoms with Crippen molar-refractivity contribution in [3.63, 3.8) is 0 Å². The van der Waals surface area contributed by atoms with Gasteiger partial charge in [-0.15, -0.1) is 6.42 Å². The molecule has 102 valence electrons. The maximum atomic E-state index is 10.9. The van der Waals surface area contributed by atoms with Crippen LogP contribution in [0.4, 0.5) is 11.4 Å². The SMILES string of the molecule is C#CC(CC)Nc1cc(OC(C)C)cc([N+](=O)[O-])c1. The highest BCUT2D eigenvalue weighted by molar-refractivity contribution is 5.57. The van der Waals surface area contributed by atoms with Crippen molar-refractivity contribution < 1.29 is 9.66 Å². The normalized spacial score (nSPS) is 11.7. The zero-order valence-electron chi connectivity index (χ0n) is 11.3. The zero-order valence-corrected chi connectivity index (χ0v) is 11.3. The minimum absolute atomic E-state index is 0.0208. The lowest BCUT2D eigenvalue weighted by atomic mass is 10.2. The second kappa shape index (κ2) is 6.64. The van der Waals surface area contributed by atoms with Crippen LogP contribution in [0.2, 0.25) is 0 Å². The number of nitro benzene ring substituents is 1. The van der Waals surface area contributed by atoms with E-state index in [9.17, 15) is 10.1 Å². The van der Waals surface area contributed by atoms with Gasteiger partial charge in [0.2, 0.25) is 0 Å². The van der Waals surface area contributed by atoms with Gasteiger partial charge in [-0.05, 0) is 20.3 Å². The molecule has 0 heterocycles. The molecule has 1 aromatic rings. The van der Waals surface area contributed by atoms with E-state index < -0.39 is 4.92 Å². The molecular weight excluding hydrogens is 244 g/mol. The van der Waals surface area contributed by atoms with Crippen LogP contribution in [0.3, 0.4) is 0 Å². The Kier molecular flexibility index (Phi) is 5.19. The van der Waals surface area contributed by atoms with E-state index in [1.54, 1.807) is 6.07 Å². The van der Waals surface area contributed by atoms with E-state index in [-0.39, 0.29) is 17.8 Å². The first-order chi connectivity index (χ1) is 8.96. The van der Waals surface area contributed by atoms with Crippen LogP contribution >= 0.6 is 0 Å². The molecule has 1 N–H and O–H groups in total. The summed E-state index contributed by atoms with van der Waals surface area (Å²) >= 11 is 0. The lowest BCUT2D eigenvalue weighted by Gasteiger charge is -2.15. The van der Waals surface area contributed by atoms with Gasteiger partial charge in [0.05, 0.1) is 23.1 Å². The number of ether oxygens (including phenoxy) is 1. The van der Waals surface area contributed by atoms with Crippen molar-refractivity contribution in [1.29, 1.82) is 0 Å². The van der Waals surface area contributed by atoms with Gasteiger partial charge < -0.3 is 10.1 Å². The zero-order chi connectivity index (χ0) is 14.4. The van der Waals surface area contributed by atoms with Crippen molar-refractivity contribution in [1.82, 2.24) is 0 Å². The van der Waals surface area contributed by atoms with E-state index in [1.165, 1.54) is 12.1 Å². The quantitative estimate of drug-likeness (QED) is 0.485. The first kappa shape index (κ1) is 14.8. The molecule has 0 aliphatic heterocycles. The number of benzene rings is 1. The number of nitro groups is 1. The molecule has 5 nitrogen and oxygen atoms in total. The summed E-state index contributed by atoms with van der Waals surface area (Å²) in [5, 5.41) is 14.0. The van der Waals surface area contributed by atoms with Gasteiger partial charge in [0.25, 0.3) is 5.69 Å². The van der Waals surface area contributed by atoms with Crippen LogP contribution in [0, 0.1) is 22.5 Å². The highest BCUT2D eigenvalue weighted by Crippen LogP contribution is 2.27. The van der Waals surface area contributed by atoms with Crippen LogP contribution in [0.5, 0.6) is 5.75 Å². The molecule has 0 aliphatic rings. The second-order valence-corrected chi connectivity index (χ2v) is 4.41. The molecule has 0 aliphatic carbocycles. The van der Waals surface area contributed by atoms with Crippen molar-refractivity contribution in [3.05, 3.63) is 28.3 Å². The summed E-state index contributed by atoms with van der Waals surface area (Å²) in [5.41, 5.74) is 0.571. The van der Waals surface area contributed by atoms with Crippen LogP contribution in [-0.4, -0.2) is 17.1 Å². The van der Waals surface area contributed by atoms with Crippen LogP contribution in [-0.2, 0) is 0 Å². The third-order valence-electron chi connectivity index (χ3n) is 2.42. The Hall–Kier alpha value is -2.22. The first-order valence-corrected chi connectivity index (χ1v) is 6.15. The summed E-state index contributed by atoms with van der Waals surface area (Å²) in [6.07, 6.45) is 6.05. The van der Waals surface area contributed by atoms with Crippen LogP contribution in [0.1, 0.15) is 27.2 Å². The smallest absolute Gasteiger partial charge is 0.275 e. The molecule has 19 heavy (non-hydrogen) atoms. The minimum Gasteiger partial charge on any atom is -0.491 e. The molecule has 1 aromatic carbocycles. The van der Waals surface area contributed by atoms with Crippen molar-refractivity contribution >= 4 is 11.4 Å². The van der Waals surface area contributed by atoms with Crippen molar-refractivity contribution in [3.8, 4) is 18.1 Å². The van der Waals surface area contributed by atoms with E-state index in [1.807, 2.05) is 20.8 Å². The number of rotatable bonds is 6. The Balaban J connectivity index is 3.06. The van der Waals surface area contributed by atoms with Crippen LogP contribution in [0.15, 0.2) is 18.2 Å². The number of non-ortho nitro benzene ring substituents is 1. The number of hydrogen-bond donors (Lipinski definition) is 1. The average molecular weight is 262 g/mol. The van der Waals surface area contributed by atoms with Gasteiger partial charge in [-0.25, -0.2) is 0 Å². The summed E-state index contributed by atoms with van der Waals surface area (Å²) in [4.78, 5) is 10.4. The van der Waals surface area contributed by atoms with E-state index in [0.29, 0.717) is 11.4 Å². The minimum atomic E-state index is -0.449. The Labute approximate surface area is 113 Å². The van der Waals surface area contributed by atoms with E-state index in [4.69, 9.17) is 11.2 Å². The lowest BCUT2D eigenvalue weighted by molar-refractivity contribution is -0.384. The summed E-state index contributed by atoms with van der Waals surface area (Å²) < 4.78 is 5.50. The molecule has 0 bridgehead atoms. The summed E-state index contributed by atoms with van der Waals surface area (Å²) in [6, 6.07) is 4.41. The largest absolute Gasteiger partial charge is 0.491 e. The monoisotopic (exact) mass is 262 g/mol. The fourth-order valence-corrected chi connectivity index (χ4v) is 1.58. The van der Waals surface area contributed by atoms with E-state index in [2.05, 4.69) is 11.2 Å². The van der Waals surface area contributed by atoms with Crippen molar-refractivity contribution in [2.75, 3.05) is 5.32 Å². The van der Waals surface area contributed by atoms with Gasteiger partial charge in [0.1, 0.15) is 5.75 Å². The molecule has 0 radical (unpaired) electrons. The predicted molar refractivity (Wildman–Crippen MR) is 75.4 cm³/mol. The molecule has 0 saturated heterocycles. The van der Waals surface area contributed by atoms with Gasteiger partial charge in [-0.2, -0.15) is 0 Å². The van der Waals surface area contributed by atoms with E-state index >= 15 is 0 Å². The number of terminal acetylenes is 1. The Bertz CT molecular complexity index is 492. The van der Waals surface area contributed by atoms with Gasteiger partial charge in [0, 0.05) is 17.8 Å². The maximum Gasteiger partial charge on any atom is 0.275 e. The van der Waals surface area contributed by atoms with Crippen molar-refractivity contribution in [2.24, 2.45) is 0 Å². The molecule has 5 heteroatoms. The fourth-order valence-electron chi connectivity index (χ4n) is 1.58. The maximum absolute atomic E-state index is 10.9. The molecule has 0 amide bonds. The molecule has 0 aromatic heterocycles. The summed E-state index contributed by atoms with van der Waals surface area (Å²) in [6.45, 7) is 5.67. The third-order valence-corrected chi connectivity index (χ3v) is 2.42. The highest BCUT2D eigenvalue weighted by atomic mass is 16.6. The van der Waals surface area contributed by atoms with Gasteiger partial charge >= 0.3 is 0 Å². The number of hydrogen-bond acceptors (Lipinski definition) is 4. The number of nitrogens with zero attached hydrogens (tertiary/aromatic N) is 1. The number of nitrogens with one attached hydrogen (secondary N) is 1. The topological polar surface area (TPSA) is 64.4 Å². The molecule has 0 spiro atoms. The highest BCUT2D eigenvalue weighted by Gasteiger charge is 2.13. The van der Waals surface area contributed by atoms with Crippen LogP contribution < -0.4 is 10.1 Å². The standard InChI is InChI=1S/C14H18N2O3/c1-5-11(6-2)15-12-7-13(16(17)18)9-14(8-12)19-10(3)4/h1,7-11,15H,6H2,2-4H3. The first-order valence-electron chi connectivity index (χ1n) is 6.15. The second-order valence-electron chi connectivity index (χ2n) is 4.41. The van der Waals surface area contributed by atoms with Crippen molar-refractivity contribution in [2.45, 2.75) is 39.3 Å². The average Bonchev–Trinajstić information content (AvgIpc) is 2.34. The molecule has 1 atom stereocenters. The van der Waals surface area contributed by atoms with Gasteiger partial charge in [-0.3, -0.25) is 10.1 Å². The van der Waals surface area contributed by atoms with E-state index in [0.717, 1.165) is 6.42 Å². The van der Waals surface area contributed by atoms with Gasteiger partial charge in [0.15, 0.2) is 0 Å². The third kappa shape index (κ3) is 4.51. The molecule has 0 saturated carbocycles. The van der Waals surface area contributed by atoms with Gasteiger partial charge in [-0.1, -0.05) is 12.8 Å². The molecular formula is C14H18N2O3. The predicted octanol–water partition coefficient (Wildman–Crippen LogP) is 3.21. The number of anilines is 1. The summed E-state index contributed by atoms with van der Waals surface area (Å²) in [7, 11) is 0. The summed E-state index contributed by atoms with van der Waals surface area (Å²) in [5.74, 6) is 3.04. The Morgan fingerprint density at radius 2 is 2.16 bits per heavy atom. The molecule has 1 rings (SSSR count). The Morgan fingerprint density at radius 3 is 2.63 bits per heavy atom. The van der Waals surface area contributed by atoms with Crippen LogP contribution in [0.25, 0.3) is 0 Å². The molecule has 1 unspecified atom stereocenters. The fraction of sp³-hybridized carbons (Fsp3) is 0.429. The Morgan fingerprint density at radius 1 is 1.47 bits per heavy atom. The lowest BCUT2D eigenvalue weighted by Crippen LogP contribution is -2.16. The molecule has 0 fully saturated rings.